The number of nitrogen functional groups attached to an aromatic ring is 1. The van der Waals surface area contributed by atoms with Crippen molar-refractivity contribution in [1.29, 1.82) is 0 Å². The number of nitrogens with two attached hydrogens (primary N) is 1. The van der Waals surface area contributed by atoms with Crippen LogP contribution in [-0.2, 0) is 6.42 Å². The summed E-state index contributed by atoms with van der Waals surface area (Å²) in [6, 6.07) is 0. The van der Waals surface area contributed by atoms with Crippen molar-refractivity contribution < 1.29 is 5.11 Å². The maximum Gasteiger partial charge on any atom is 0.135 e. The van der Waals surface area contributed by atoms with Crippen LogP contribution in [0.3, 0.4) is 0 Å². The van der Waals surface area contributed by atoms with Gasteiger partial charge in [0.2, 0.25) is 0 Å². The van der Waals surface area contributed by atoms with Crippen LogP contribution < -0.4 is 11.1 Å². The fourth-order valence-electron chi connectivity index (χ4n) is 1.22. The van der Waals surface area contributed by atoms with E-state index in [0.717, 1.165) is 12.0 Å². The molecule has 90 valence electrons. The molecular formula is C11H20N4O. The molecule has 0 aliphatic heterocycles. The molecule has 0 saturated heterocycles. The van der Waals surface area contributed by atoms with Gasteiger partial charge < -0.3 is 16.2 Å². The lowest BCUT2D eigenvalue weighted by molar-refractivity contribution is 0.234. The molecule has 1 aromatic heterocycles. The van der Waals surface area contributed by atoms with E-state index >= 15 is 0 Å². The maximum atomic E-state index is 9.20. The predicted molar refractivity (Wildman–Crippen MR) is 65.3 cm³/mol. The zero-order chi connectivity index (χ0) is 12.3. The number of anilines is 2. The molecule has 0 atom stereocenters. The first-order valence-electron chi connectivity index (χ1n) is 5.41. The Morgan fingerprint density at radius 2 is 2.00 bits per heavy atom. The van der Waals surface area contributed by atoms with Crippen LogP contribution in [0.15, 0.2) is 0 Å². The third-order valence-corrected chi connectivity index (χ3v) is 2.40. The SMILES string of the molecule is CCc1nc(N)c(C)c(NC(C)(C)CO)n1. The van der Waals surface area contributed by atoms with Gasteiger partial charge in [0.1, 0.15) is 17.5 Å². The Balaban J connectivity index is 3.08. The zero-order valence-corrected chi connectivity index (χ0v) is 10.3. The van der Waals surface area contributed by atoms with Crippen LogP contribution in [0.4, 0.5) is 11.6 Å². The van der Waals surface area contributed by atoms with Gasteiger partial charge in [-0.15, -0.1) is 0 Å². The smallest absolute Gasteiger partial charge is 0.135 e. The molecule has 0 bridgehead atoms. The van der Waals surface area contributed by atoms with Crippen LogP contribution in [0.5, 0.6) is 0 Å². The molecule has 5 nitrogen and oxygen atoms in total. The van der Waals surface area contributed by atoms with Crippen molar-refractivity contribution in [1.82, 2.24) is 9.97 Å². The number of aliphatic hydroxyl groups is 1. The second-order valence-corrected chi connectivity index (χ2v) is 4.52. The number of hydrogen-bond acceptors (Lipinski definition) is 5. The summed E-state index contributed by atoms with van der Waals surface area (Å²) in [6.07, 6.45) is 0.735. The number of nitrogens with zero attached hydrogens (tertiary/aromatic N) is 2. The van der Waals surface area contributed by atoms with E-state index in [1.807, 2.05) is 27.7 Å². The molecule has 0 aliphatic rings. The Kier molecular flexibility index (Phi) is 3.70. The van der Waals surface area contributed by atoms with Crippen molar-refractivity contribution in [3.05, 3.63) is 11.4 Å². The van der Waals surface area contributed by atoms with Gasteiger partial charge in [-0.05, 0) is 20.8 Å². The van der Waals surface area contributed by atoms with E-state index in [1.54, 1.807) is 0 Å². The van der Waals surface area contributed by atoms with Crippen molar-refractivity contribution in [2.45, 2.75) is 39.7 Å². The van der Waals surface area contributed by atoms with Crippen molar-refractivity contribution in [3.8, 4) is 0 Å². The lowest BCUT2D eigenvalue weighted by atomic mass is 10.1. The van der Waals surface area contributed by atoms with Gasteiger partial charge in [-0.1, -0.05) is 6.92 Å². The molecule has 0 fully saturated rings. The lowest BCUT2D eigenvalue weighted by Crippen LogP contribution is -2.35. The first-order chi connectivity index (χ1) is 7.39. The molecule has 0 aromatic carbocycles. The topological polar surface area (TPSA) is 84.1 Å². The molecule has 0 saturated carbocycles. The summed E-state index contributed by atoms with van der Waals surface area (Å²) in [7, 11) is 0. The van der Waals surface area contributed by atoms with Gasteiger partial charge in [0.15, 0.2) is 0 Å². The quantitative estimate of drug-likeness (QED) is 0.713. The van der Waals surface area contributed by atoms with Gasteiger partial charge >= 0.3 is 0 Å². The zero-order valence-electron chi connectivity index (χ0n) is 10.3. The van der Waals surface area contributed by atoms with Crippen LogP contribution in [-0.4, -0.2) is 27.2 Å². The van der Waals surface area contributed by atoms with E-state index in [0.29, 0.717) is 17.5 Å². The average Bonchev–Trinajstić information content (AvgIpc) is 2.24. The lowest BCUT2D eigenvalue weighted by Gasteiger charge is -2.25. The van der Waals surface area contributed by atoms with Gasteiger partial charge in [-0.2, -0.15) is 0 Å². The van der Waals surface area contributed by atoms with Gasteiger partial charge in [0.05, 0.1) is 12.1 Å². The normalized spacial score (nSPS) is 11.6. The summed E-state index contributed by atoms with van der Waals surface area (Å²) in [5.74, 6) is 1.89. The van der Waals surface area contributed by atoms with Crippen LogP contribution >= 0.6 is 0 Å². The largest absolute Gasteiger partial charge is 0.394 e. The Morgan fingerprint density at radius 3 is 2.50 bits per heavy atom. The Morgan fingerprint density at radius 1 is 1.38 bits per heavy atom. The fraction of sp³-hybridized carbons (Fsp3) is 0.636. The first kappa shape index (κ1) is 12.7. The van der Waals surface area contributed by atoms with E-state index < -0.39 is 5.54 Å². The average molecular weight is 224 g/mol. The highest BCUT2D eigenvalue weighted by atomic mass is 16.3. The molecule has 1 aromatic rings. The third-order valence-electron chi connectivity index (χ3n) is 2.40. The van der Waals surface area contributed by atoms with E-state index in [9.17, 15) is 5.11 Å². The minimum absolute atomic E-state index is 0.0256. The van der Waals surface area contributed by atoms with Crippen molar-refractivity contribution in [2.24, 2.45) is 0 Å². The van der Waals surface area contributed by atoms with Gasteiger partial charge in [-0.25, -0.2) is 9.97 Å². The standard InChI is InChI=1S/C11H20N4O/c1-5-8-13-9(12)7(2)10(14-8)15-11(3,4)6-16/h16H,5-6H2,1-4H3,(H3,12,13,14,15). The Bertz CT molecular complexity index is 376. The molecule has 1 heterocycles. The second-order valence-electron chi connectivity index (χ2n) is 4.52. The fourth-order valence-corrected chi connectivity index (χ4v) is 1.22. The van der Waals surface area contributed by atoms with Crippen LogP contribution in [0.25, 0.3) is 0 Å². The summed E-state index contributed by atoms with van der Waals surface area (Å²) < 4.78 is 0. The molecule has 1 rings (SSSR count). The number of aliphatic hydroxyl groups excluding tert-OH is 1. The van der Waals surface area contributed by atoms with Crippen molar-refractivity contribution in [2.75, 3.05) is 17.7 Å². The molecule has 0 radical (unpaired) electrons. The number of hydrogen-bond donors (Lipinski definition) is 3. The second kappa shape index (κ2) is 4.65. The summed E-state index contributed by atoms with van der Waals surface area (Å²) in [5, 5.41) is 12.4. The van der Waals surface area contributed by atoms with Crippen LogP contribution in [0.2, 0.25) is 0 Å². The van der Waals surface area contributed by atoms with Crippen molar-refractivity contribution in [3.63, 3.8) is 0 Å². The minimum atomic E-state index is -0.420. The molecule has 0 unspecified atom stereocenters. The first-order valence-corrected chi connectivity index (χ1v) is 5.41. The summed E-state index contributed by atoms with van der Waals surface area (Å²) in [6.45, 7) is 7.67. The van der Waals surface area contributed by atoms with E-state index in [-0.39, 0.29) is 6.61 Å². The molecule has 16 heavy (non-hydrogen) atoms. The van der Waals surface area contributed by atoms with Gasteiger partial charge in [-0.3, -0.25) is 0 Å². The molecule has 0 amide bonds. The monoisotopic (exact) mass is 224 g/mol. The number of aromatic nitrogens is 2. The molecule has 5 heteroatoms. The summed E-state index contributed by atoms with van der Waals surface area (Å²) in [4.78, 5) is 8.54. The van der Waals surface area contributed by atoms with E-state index in [4.69, 9.17) is 5.73 Å². The Hall–Kier alpha value is -1.36. The highest BCUT2D eigenvalue weighted by molar-refractivity contribution is 5.55. The van der Waals surface area contributed by atoms with Crippen LogP contribution in [0.1, 0.15) is 32.2 Å². The summed E-state index contributed by atoms with van der Waals surface area (Å²) >= 11 is 0. The number of aryl methyl sites for hydroxylation is 1. The molecular weight excluding hydrogens is 204 g/mol. The minimum Gasteiger partial charge on any atom is -0.394 e. The van der Waals surface area contributed by atoms with Gasteiger partial charge in [0.25, 0.3) is 0 Å². The third kappa shape index (κ3) is 2.82. The highest BCUT2D eigenvalue weighted by Gasteiger charge is 2.19. The molecule has 0 spiro atoms. The number of nitrogens with one attached hydrogen (secondary N) is 1. The Labute approximate surface area is 96.1 Å². The molecule has 0 aliphatic carbocycles. The van der Waals surface area contributed by atoms with E-state index in [1.165, 1.54) is 0 Å². The number of rotatable bonds is 4. The van der Waals surface area contributed by atoms with E-state index in [2.05, 4.69) is 15.3 Å². The molecule has 4 N–H and O–H groups in total. The van der Waals surface area contributed by atoms with Gasteiger partial charge in [0, 0.05) is 12.0 Å². The highest BCUT2D eigenvalue weighted by Crippen LogP contribution is 2.21. The predicted octanol–water partition coefficient (Wildman–Crippen LogP) is 1.11. The van der Waals surface area contributed by atoms with Crippen molar-refractivity contribution >= 4 is 11.6 Å². The van der Waals surface area contributed by atoms with Crippen LogP contribution in [0, 0.1) is 6.92 Å². The summed E-state index contributed by atoms with van der Waals surface area (Å²) in [5.41, 5.74) is 6.20. The maximum absolute atomic E-state index is 9.20.